The van der Waals surface area contributed by atoms with Gasteiger partial charge in [-0.1, -0.05) is 12.1 Å². The SMILES string of the molecule is O=C(CNCC1CC1)N1CCCN(C(=O)Cc2cccc(F)c2)CC1. The van der Waals surface area contributed by atoms with E-state index in [1.54, 1.807) is 17.0 Å². The summed E-state index contributed by atoms with van der Waals surface area (Å²) < 4.78 is 13.2. The maximum atomic E-state index is 13.2. The number of nitrogens with zero attached hydrogens (tertiary/aromatic N) is 2. The van der Waals surface area contributed by atoms with Gasteiger partial charge in [-0.25, -0.2) is 4.39 Å². The van der Waals surface area contributed by atoms with Crippen LogP contribution in [0.15, 0.2) is 24.3 Å². The molecule has 0 bridgehead atoms. The average molecular weight is 347 g/mol. The quantitative estimate of drug-likeness (QED) is 0.847. The zero-order valence-corrected chi connectivity index (χ0v) is 14.5. The molecule has 2 amide bonds. The Kier molecular flexibility index (Phi) is 6.02. The molecule has 3 rings (SSSR count). The number of nitrogens with one attached hydrogen (secondary N) is 1. The van der Waals surface area contributed by atoms with Gasteiger partial charge in [0.05, 0.1) is 13.0 Å². The van der Waals surface area contributed by atoms with Crippen LogP contribution in [-0.4, -0.2) is 60.9 Å². The normalized spacial score (nSPS) is 18.1. The lowest BCUT2D eigenvalue weighted by molar-refractivity contribution is -0.132. The second kappa shape index (κ2) is 8.43. The molecule has 1 aliphatic carbocycles. The summed E-state index contributed by atoms with van der Waals surface area (Å²) in [5, 5.41) is 3.23. The average Bonchev–Trinajstić information content (AvgIpc) is 3.41. The van der Waals surface area contributed by atoms with Crippen LogP contribution < -0.4 is 5.32 Å². The highest BCUT2D eigenvalue weighted by molar-refractivity contribution is 5.80. The van der Waals surface area contributed by atoms with Crippen molar-refractivity contribution in [2.24, 2.45) is 5.92 Å². The number of hydrogen-bond acceptors (Lipinski definition) is 3. The summed E-state index contributed by atoms with van der Waals surface area (Å²) in [4.78, 5) is 28.4. The molecule has 1 saturated carbocycles. The second-order valence-corrected chi connectivity index (χ2v) is 7.00. The first kappa shape index (κ1) is 17.9. The van der Waals surface area contributed by atoms with Gasteiger partial charge in [-0.2, -0.15) is 0 Å². The highest BCUT2D eigenvalue weighted by Gasteiger charge is 2.23. The van der Waals surface area contributed by atoms with Gasteiger partial charge < -0.3 is 15.1 Å². The van der Waals surface area contributed by atoms with Crippen LogP contribution in [0.3, 0.4) is 0 Å². The topological polar surface area (TPSA) is 52.7 Å². The summed E-state index contributed by atoms with van der Waals surface area (Å²) in [5.41, 5.74) is 0.687. The first-order chi connectivity index (χ1) is 12.1. The summed E-state index contributed by atoms with van der Waals surface area (Å²) in [6.07, 6.45) is 3.53. The van der Waals surface area contributed by atoms with Crippen LogP contribution in [0.2, 0.25) is 0 Å². The predicted octanol–water partition coefficient (Wildman–Crippen LogP) is 1.43. The van der Waals surface area contributed by atoms with Crippen molar-refractivity contribution in [1.82, 2.24) is 15.1 Å². The molecule has 0 spiro atoms. The molecular formula is C19H26FN3O2. The van der Waals surface area contributed by atoms with Crippen LogP contribution in [0, 0.1) is 11.7 Å². The van der Waals surface area contributed by atoms with Crippen molar-refractivity contribution in [2.45, 2.75) is 25.7 Å². The zero-order chi connectivity index (χ0) is 17.6. The number of benzene rings is 1. The van der Waals surface area contributed by atoms with Crippen molar-refractivity contribution >= 4 is 11.8 Å². The third kappa shape index (κ3) is 5.53. The van der Waals surface area contributed by atoms with E-state index in [4.69, 9.17) is 0 Å². The molecule has 1 aromatic carbocycles. The highest BCUT2D eigenvalue weighted by Crippen LogP contribution is 2.27. The van der Waals surface area contributed by atoms with Crippen LogP contribution in [0.1, 0.15) is 24.8 Å². The minimum absolute atomic E-state index is 0.00763. The maximum Gasteiger partial charge on any atom is 0.236 e. The molecule has 25 heavy (non-hydrogen) atoms. The first-order valence-electron chi connectivity index (χ1n) is 9.12. The largest absolute Gasteiger partial charge is 0.341 e. The molecule has 1 N–H and O–H groups in total. The van der Waals surface area contributed by atoms with E-state index in [2.05, 4.69) is 5.32 Å². The van der Waals surface area contributed by atoms with Crippen LogP contribution in [0.4, 0.5) is 4.39 Å². The smallest absolute Gasteiger partial charge is 0.236 e. The van der Waals surface area contributed by atoms with E-state index in [1.807, 2.05) is 4.90 Å². The zero-order valence-electron chi connectivity index (χ0n) is 14.5. The Morgan fingerprint density at radius 2 is 1.80 bits per heavy atom. The fourth-order valence-corrected chi connectivity index (χ4v) is 3.17. The molecule has 0 aromatic heterocycles. The lowest BCUT2D eigenvalue weighted by Gasteiger charge is -2.22. The fourth-order valence-electron chi connectivity index (χ4n) is 3.17. The van der Waals surface area contributed by atoms with Crippen molar-refractivity contribution in [1.29, 1.82) is 0 Å². The van der Waals surface area contributed by atoms with E-state index in [0.717, 1.165) is 18.9 Å². The van der Waals surface area contributed by atoms with E-state index in [9.17, 15) is 14.0 Å². The van der Waals surface area contributed by atoms with Gasteiger partial charge in [0.1, 0.15) is 5.82 Å². The molecule has 136 valence electrons. The molecular weight excluding hydrogens is 321 g/mol. The van der Waals surface area contributed by atoms with Crippen LogP contribution in [0.25, 0.3) is 0 Å². The Balaban J connectivity index is 1.45. The second-order valence-electron chi connectivity index (χ2n) is 7.00. The number of hydrogen-bond donors (Lipinski definition) is 1. The predicted molar refractivity (Wildman–Crippen MR) is 93.5 cm³/mol. The molecule has 1 aromatic rings. The monoisotopic (exact) mass is 347 g/mol. The van der Waals surface area contributed by atoms with E-state index < -0.39 is 0 Å². The van der Waals surface area contributed by atoms with E-state index >= 15 is 0 Å². The molecule has 6 heteroatoms. The molecule has 1 heterocycles. The third-order valence-corrected chi connectivity index (χ3v) is 4.85. The Morgan fingerprint density at radius 1 is 1.08 bits per heavy atom. The number of rotatable bonds is 6. The Morgan fingerprint density at radius 3 is 2.48 bits per heavy atom. The Hall–Kier alpha value is -1.95. The summed E-state index contributed by atoms with van der Waals surface area (Å²) in [5.74, 6) is 0.538. The van der Waals surface area contributed by atoms with Crippen molar-refractivity contribution in [2.75, 3.05) is 39.3 Å². The van der Waals surface area contributed by atoms with Crippen molar-refractivity contribution in [3.63, 3.8) is 0 Å². The summed E-state index contributed by atoms with van der Waals surface area (Å²) in [7, 11) is 0. The van der Waals surface area contributed by atoms with Gasteiger partial charge in [-0.15, -0.1) is 0 Å². The maximum absolute atomic E-state index is 13.2. The van der Waals surface area contributed by atoms with Crippen LogP contribution >= 0.6 is 0 Å². The fraction of sp³-hybridized carbons (Fsp3) is 0.579. The van der Waals surface area contributed by atoms with Gasteiger partial charge >= 0.3 is 0 Å². The summed E-state index contributed by atoms with van der Waals surface area (Å²) >= 11 is 0. The Bertz CT molecular complexity index is 618. The minimum Gasteiger partial charge on any atom is -0.341 e. The minimum atomic E-state index is -0.323. The summed E-state index contributed by atoms with van der Waals surface area (Å²) in [6.45, 7) is 3.76. The van der Waals surface area contributed by atoms with Crippen LogP contribution in [0.5, 0.6) is 0 Å². The number of carbonyl (C=O) groups is 2. The third-order valence-electron chi connectivity index (χ3n) is 4.85. The number of carbonyl (C=O) groups excluding carboxylic acids is 2. The lowest BCUT2D eigenvalue weighted by Crippen LogP contribution is -2.41. The first-order valence-corrected chi connectivity index (χ1v) is 9.12. The molecule has 5 nitrogen and oxygen atoms in total. The standard InChI is InChI=1S/C19H26FN3O2/c20-17-4-1-3-16(11-17)12-18(24)22-7-2-8-23(10-9-22)19(25)14-21-13-15-5-6-15/h1,3-4,11,15,21H,2,5-10,12-14H2. The van der Waals surface area contributed by atoms with Crippen LogP contribution in [-0.2, 0) is 16.0 Å². The molecule has 2 aliphatic rings. The highest BCUT2D eigenvalue weighted by atomic mass is 19.1. The van der Waals surface area contributed by atoms with Gasteiger partial charge in [-0.3, -0.25) is 9.59 Å². The molecule has 0 atom stereocenters. The molecule has 0 unspecified atom stereocenters. The number of halogens is 1. The van der Waals surface area contributed by atoms with E-state index in [0.29, 0.717) is 38.3 Å². The Labute approximate surface area is 148 Å². The van der Waals surface area contributed by atoms with Gasteiger partial charge in [0.15, 0.2) is 0 Å². The summed E-state index contributed by atoms with van der Waals surface area (Å²) in [6, 6.07) is 6.16. The molecule has 1 aliphatic heterocycles. The van der Waals surface area contributed by atoms with Gasteiger partial charge in [0.2, 0.25) is 11.8 Å². The van der Waals surface area contributed by atoms with Gasteiger partial charge in [-0.05, 0) is 49.4 Å². The molecule has 0 radical (unpaired) electrons. The van der Waals surface area contributed by atoms with Gasteiger partial charge in [0, 0.05) is 26.2 Å². The van der Waals surface area contributed by atoms with Crippen molar-refractivity contribution in [3.8, 4) is 0 Å². The van der Waals surface area contributed by atoms with Crippen molar-refractivity contribution < 1.29 is 14.0 Å². The van der Waals surface area contributed by atoms with E-state index in [-0.39, 0.29) is 24.1 Å². The molecule has 1 saturated heterocycles. The van der Waals surface area contributed by atoms with E-state index in [1.165, 1.54) is 25.0 Å². The molecule has 2 fully saturated rings. The van der Waals surface area contributed by atoms with Gasteiger partial charge in [0.25, 0.3) is 0 Å². The van der Waals surface area contributed by atoms with Crippen molar-refractivity contribution in [3.05, 3.63) is 35.6 Å². The lowest BCUT2D eigenvalue weighted by atomic mass is 10.1. The number of amides is 2.